The summed E-state index contributed by atoms with van der Waals surface area (Å²) in [6.07, 6.45) is 1.62. The minimum absolute atomic E-state index is 0.372. The van der Waals surface area contributed by atoms with Gasteiger partial charge in [0.25, 0.3) is 0 Å². The van der Waals surface area contributed by atoms with E-state index in [0.717, 1.165) is 5.69 Å². The third kappa shape index (κ3) is 2.03. The van der Waals surface area contributed by atoms with E-state index in [1.165, 1.54) is 0 Å². The van der Waals surface area contributed by atoms with E-state index < -0.39 is 7.14 Å². The summed E-state index contributed by atoms with van der Waals surface area (Å²) < 4.78 is 12.2. The molecule has 6 heteroatoms. The Labute approximate surface area is 99.9 Å². The van der Waals surface area contributed by atoms with Gasteiger partial charge in [0.2, 0.25) is 0 Å². The Kier molecular flexibility index (Phi) is 2.66. The highest BCUT2D eigenvalue weighted by Crippen LogP contribution is 2.38. The molecule has 0 bridgehead atoms. The molecule has 0 fully saturated rings. The summed E-state index contributed by atoms with van der Waals surface area (Å²) in [7, 11) is -2.45. The number of nitrogens with zero attached hydrogens (tertiary/aromatic N) is 3. The van der Waals surface area contributed by atoms with Gasteiger partial charge in [-0.2, -0.15) is 0 Å². The van der Waals surface area contributed by atoms with Crippen LogP contribution in [0.1, 0.15) is 11.5 Å². The molecule has 0 aliphatic carbocycles. The normalized spacial score (nSPS) is 12.0. The summed E-state index contributed by atoms with van der Waals surface area (Å²) in [6, 6.07) is 0. The van der Waals surface area contributed by atoms with Crippen molar-refractivity contribution in [3.8, 4) is 0 Å². The van der Waals surface area contributed by atoms with Crippen molar-refractivity contribution in [1.82, 2.24) is 15.0 Å². The van der Waals surface area contributed by atoms with Gasteiger partial charge in [-0.1, -0.05) is 0 Å². The Balaban J connectivity index is 3.00. The van der Waals surface area contributed by atoms with E-state index in [0.29, 0.717) is 27.8 Å². The molecular formula is C11H15N4OP. The fourth-order valence-corrected chi connectivity index (χ4v) is 2.90. The molecule has 2 aromatic heterocycles. The van der Waals surface area contributed by atoms with Gasteiger partial charge < -0.3 is 10.3 Å². The van der Waals surface area contributed by atoms with E-state index in [1.807, 2.05) is 6.92 Å². The van der Waals surface area contributed by atoms with Gasteiger partial charge >= 0.3 is 0 Å². The number of pyridine rings is 1. The molecule has 0 radical (unpaired) electrons. The van der Waals surface area contributed by atoms with Crippen LogP contribution in [0.25, 0.3) is 10.9 Å². The van der Waals surface area contributed by atoms with Crippen LogP contribution in [-0.4, -0.2) is 28.3 Å². The van der Waals surface area contributed by atoms with Crippen molar-refractivity contribution in [2.45, 2.75) is 13.8 Å². The van der Waals surface area contributed by atoms with Crippen LogP contribution in [0.2, 0.25) is 0 Å². The van der Waals surface area contributed by atoms with Gasteiger partial charge in [-0.05, 0) is 27.2 Å². The number of hydrogen-bond acceptors (Lipinski definition) is 5. The quantitative estimate of drug-likeness (QED) is 0.775. The molecule has 0 saturated carbocycles. The van der Waals surface area contributed by atoms with Crippen LogP contribution in [0, 0.1) is 13.8 Å². The lowest BCUT2D eigenvalue weighted by Crippen LogP contribution is -2.12. The molecule has 17 heavy (non-hydrogen) atoms. The smallest absolute Gasteiger partial charge is 0.135 e. The van der Waals surface area contributed by atoms with Crippen LogP contribution in [0.15, 0.2) is 6.20 Å². The molecule has 0 saturated heterocycles. The Bertz CT molecular complexity index is 647. The molecule has 0 spiro atoms. The first-order valence-electron chi connectivity index (χ1n) is 5.25. The van der Waals surface area contributed by atoms with E-state index >= 15 is 0 Å². The van der Waals surface area contributed by atoms with E-state index in [1.54, 1.807) is 26.5 Å². The Morgan fingerprint density at radius 1 is 1.24 bits per heavy atom. The number of aromatic nitrogens is 3. The number of anilines is 1. The molecule has 90 valence electrons. The van der Waals surface area contributed by atoms with Crippen molar-refractivity contribution in [2.24, 2.45) is 0 Å². The van der Waals surface area contributed by atoms with Crippen molar-refractivity contribution in [3.05, 3.63) is 17.7 Å². The average molecular weight is 250 g/mol. The molecule has 2 aromatic rings. The molecule has 0 atom stereocenters. The van der Waals surface area contributed by atoms with Crippen molar-refractivity contribution < 1.29 is 4.57 Å². The third-order valence-electron chi connectivity index (χ3n) is 2.61. The number of aryl methyl sites for hydroxylation is 2. The maximum Gasteiger partial charge on any atom is 0.135 e. The minimum Gasteiger partial charge on any atom is -0.383 e. The molecule has 2 rings (SSSR count). The number of fused-ring (bicyclic) bond motifs is 1. The molecular weight excluding hydrogens is 235 g/mol. The fraction of sp³-hybridized carbons (Fsp3) is 0.364. The van der Waals surface area contributed by atoms with Crippen molar-refractivity contribution in [2.75, 3.05) is 19.1 Å². The van der Waals surface area contributed by atoms with Crippen LogP contribution in [0.5, 0.6) is 0 Å². The summed E-state index contributed by atoms with van der Waals surface area (Å²) in [5.41, 5.74) is 7.39. The summed E-state index contributed by atoms with van der Waals surface area (Å²) in [6.45, 7) is 7.02. The lowest BCUT2D eigenvalue weighted by molar-refractivity contribution is 0.588. The molecule has 2 heterocycles. The highest BCUT2D eigenvalue weighted by atomic mass is 31.2. The summed E-state index contributed by atoms with van der Waals surface area (Å²) >= 11 is 0. The van der Waals surface area contributed by atoms with Crippen LogP contribution in [-0.2, 0) is 4.57 Å². The van der Waals surface area contributed by atoms with Crippen LogP contribution in [0.3, 0.4) is 0 Å². The zero-order valence-electron chi connectivity index (χ0n) is 10.4. The molecule has 0 aliphatic heterocycles. The van der Waals surface area contributed by atoms with Crippen LogP contribution < -0.4 is 11.0 Å². The third-order valence-corrected chi connectivity index (χ3v) is 4.11. The lowest BCUT2D eigenvalue weighted by Gasteiger charge is -2.13. The number of nitrogens with two attached hydrogens (primary N) is 1. The van der Waals surface area contributed by atoms with E-state index in [2.05, 4.69) is 15.0 Å². The van der Waals surface area contributed by atoms with Gasteiger partial charge in [0, 0.05) is 11.5 Å². The highest BCUT2D eigenvalue weighted by Gasteiger charge is 2.20. The first-order valence-corrected chi connectivity index (χ1v) is 7.86. The van der Waals surface area contributed by atoms with E-state index in [4.69, 9.17) is 5.73 Å². The second kappa shape index (κ2) is 3.77. The largest absolute Gasteiger partial charge is 0.383 e. The number of nitrogen functional groups attached to an aromatic ring is 1. The maximum absolute atomic E-state index is 12.2. The summed E-state index contributed by atoms with van der Waals surface area (Å²) in [4.78, 5) is 12.7. The first kappa shape index (κ1) is 12.0. The minimum atomic E-state index is -2.45. The Hall–Kier alpha value is -1.48. The predicted molar refractivity (Wildman–Crippen MR) is 70.3 cm³/mol. The van der Waals surface area contributed by atoms with Crippen molar-refractivity contribution in [1.29, 1.82) is 0 Å². The molecule has 5 nitrogen and oxygen atoms in total. The van der Waals surface area contributed by atoms with Gasteiger partial charge in [0.05, 0.1) is 16.6 Å². The second-order valence-corrected chi connectivity index (χ2v) is 7.64. The monoisotopic (exact) mass is 250 g/mol. The zero-order valence-corrected chi connectivity index (χ0v) is 11.2. The standard InChI is InChI=1S/C11H15N4OP/c1-6-10-9(11(12)15-7(2)14-10)8(5-13-6)17(3,4)16/h5H,1-4H3,(H2,12,14,15). The SMILES string of the molecule is Cc1nc(N)c2c(P(C)(C)=O)cnc(C)c2n1. The first-order chi connectivity index (χ1) is 7.80. The van der Waals surface area contributed by atoms with Crippen molar-refractivity contribution >= 4 is 29.2 Å². The zero-order chi connectivity index (χ0) is 12.8. The van der Waals surface area contributed by atoms with Gasteiger partial charge in [0.1, 0.15) is 18.8 Å². The van der Waals surface area contributed by atoms with Gasteiger partial charge in [-0.25, -0.2) is 9.97 Å². The predicted octanol–water partition coefficient (Wildman–Crippen LogP) is 1.47. The molecule has 0 amide bonds. The Morgan fingerprint density at radius 3 is 2.47 bits per heavy atom. The van der Waals surface area contributed by atoms with Crippen LogP contribution >= 0.6 is 7.14 Å². The van der Waals surface area contributed by atoms with Crippen LogP contribution in [0.4, 0.5) is 5.82 Å². The number of rotatable bonds is 1. The summed E-state index contributed by atoms with van der Waals surface area (Å²) in [5.74, 6) is 0.969. The lowest BCUT2D eigenvalue weighted by atomic mass is 10.2. The highest BCUT2D eigenvalue weighted by molar-refractivity contribution is 7.70. The molecule has 0 unspecified atom stereocenters. The average Bonchev–Trinajstić information content (AvgIpc) is 2.17. The second-order valence-electron chi connectivity index (χ2n) is 4.46. The van der Waals surface area contributed by atoms with E-state index in [-0.39, 0.29) is 0 Å². The Morgan fingerprint density at radius 2 is 1.88 bits per heavy atom. The molecule has 0 aromatic carbocycles. The number of hydrogen-bond donors (Lipinski definition) is 1. The van der Waals surface area contributed by atoms with E-state index in [9.17, 15) is 4.57 Å². The van der Waals surface area contributed by atoms with Crippen molar-refractivity contribution in [3.63, 3.8) is 0 Å². The van der Waals surface area contributed by atoms with Gasteiger partial charge in [-0.15, -0.1) is 0 Å². The summed E-state index contributed by atoms with van der Waals surface area (Å²) in [5, 5.41) is 1.33. The topological polar surface area (TPSA) is 81.8 Å². The molecule has 0 aliphatic rings. The molecule has 2 N–H and O–H groups in total. The fourth-order valence-electron chi connectivity index (χ4n) is 1.80. The van der Waals surface area contributed by atoms with Gasteiger partial charge in [0.15, 0.2) is 0 Å². The van der Waals surface area contributed by atoms with Gasteiger partial charge in [-0.3, -0.25) is 4.98 Å². The maximum atomic E-state index is 12.2.